The molecule has 0 N–H and O–H groups in total. The maximum atomic E-state index is 10.3. The van der Waals surface area contributed by atoms with Gasteiger partial charge in [-0.05, 0) is 25.8 Å². The minimum atomic E-state index is 0.110. The lowest BCUT2D eigenvalue weighted by Crippen LogP contribution is -1.78. The molecule has 0 aliphatic heterocycles. The number of carbonyl (C=O) groups excluding carboxylic acids is 1. The quantitative estimate of drug-likeness (QED) is 0.318. The van der Waals surface area contributed by atoms with Crippen LogP contribution in [0.25, 0.3) is 0 Å². The van der Waals surface area contributed by atoms with Crippen LogP contribution < -0.4 is 0 Å². The predicted molar refractivity (Wildman–Crippen MR) is 39.3 cm³/mol. The second kappa shape index (κ2) is 5.29. The molecule has 0 saturated heterocycles. The van der Waals surface area contributed by atoms with Gasteiger partial charge in [0.15, 0.2) is 5.78 Å². The summed E-state index contributed by atoms with van der Waals surface area (Å²) in [7, 11) is 0. The Morgan fingerprint density at radius 2 is 2.22 bits per heavy atom. The summed E-state index contributed by atoms with van der Waals surface area (Å²) in [5, 5.41) is 0. The monoisotopic (exact) mass is 124 g/mol. The Morgan fingerprint density at radius 1 is 1.56 bits per heavy atom. The highest BCUT2D eigenvalue weighted by atomic mass is 16.1. The number of unbranched alkanes of at least 4 members (excludes halogenated alkanes) is 1. The van der Waals surface area contributed by atoms with E-state index in [1.807, 2.05) is 12.2 Å². The van der Waals surface area contributed by atoms with Crippen molar-refractivity contribution in [3.63, 3.8) is 0 Å². The number of hydrogen-bond acceptors (Lipinski definition) is 1. The van der Waals surface area contributed by atoms with Crippen molar-refractivity contribution in [3.05, 3.63) is 24.8 Å². The summed E-state index contributed by atoms with van der Waals surface area (Å²) >= 11 is 0. The van der Waals surface area contributed by atoms with Gasteiger partial charge >= 0.3 is 0 Å². The SMILES string of the molecule is C=CCC/C=C/C(C)=O. The fourth-order valence-corrected chi connectivity index (χ4v) is 0.463. The first-order valence-corrected chi connectivity index (χ1v) is 3.05. The van der Waals surface area contributed by atoms with Crippen LogP contribution in [0.15, 0.2) is 24.8 Å². The molecule has 0 aromatic carbocycles. The van der Waals surface area contributed by atoms with Gasteiger partial charge in [-0.15, -0.1) is 6.58 Å². The third-order valence-corrected chi connectivity index (χ3v) is 0.890. The van der Waals surface area contributed by atoms with Crippen molar-refractivity contribution in [1.29, 1.82) is 0 Å². The van der Waals surface area contributed by atoms with Crippen LogP contribution in [0.3, 0.4) is 0 Å². The molecular weight excluding hydrogens is 112 g/mol. The van der Waals surface area contributed by atoms with Gasteiger partial charge in [-0.2, -0.15) is 0 Å². The fraction of sp³-hybridized carbons (Fsp3) is 0.375. The molecule has 0 spiro atoms. The van der Waals surface area contributed by atoms with Crippen LogP contribution in [0.2, 0.25) is 0 Å². The summed E-state index contributed by atoms with van der Waals surface area (Å²) in [6.45, 7) is 5.10. The van der Waals surface area contributed by atoms with E-state index in [1.165, 1.54) is 0 Å². The van der Waals surface area contributed by atoms with Gasteiger partial charge in [0.05, 0.1) is 0 Å². The number of hydrogen-bond donors (Lipinski definition) is 0. The first kappa shape index (κ1) is 8.15. The fourth-order valence-electron chi connectivity index (χ4n) is 0.463. The van der Waals surface area contributed by atoms with E-state index in [2.05, 4.69) is 6.58 Å². The van der Waals surface area contributed by atoms with Crippen molar-refractivity contribution in [2.24, 2.45) is 0 Å². The van der Waals surface area contributed by atoms with Crippen LogP contribution >= 0.6 is 0 Å². The Balaban J connectivity index is 3.24. The van der Waals surface area contributed by atoms with Gasteiger partial charge in [0, 0.05) is 0 Å². The van der Waals surface area contributed by atoms with E-state index in [0.717, 1.165) is 12.8 Å². The minimum Gasteiger partial charge on any atom is -0.295 e. The molecule has 1 nitrogen and oxygen atoms in total. The molecule has 9 heavy (non-hydrogen) atoms. The Morgan fingerprint density at radius 3 is 2.67 bits per heavy atom. The van der Waals surface area contributed by atoms with Crippen LogP contribution in [0.4, 0.5) is 0 Å². The van der Waals surface area contributed by atoms with E-state index >= 15 is 0 Å². The summed E-state index contributed by atoms with van der Waals surface area (Å²) in [4.78, 5) is 10.3. The lowest BCUT2D eigenvalue weighted by Gasteiger charge is -1.81. The minimum absolute atomic E-state index is 0.110. The smallest absolute Gasteiger partial charge is 0.152 e. The zero-order valence-corrected chi connectivity index (χ0v) is 5.76. The zero-order valence-electron chi connectivity index (χ0n) is 5.76. The van der Waals surface area contributed by atoms with E-state index < -0.39 is 0 Å². The highest BCUT2D eigenvalue weighted by molar-refractivity contribution is 5.87. The number of ketones is 1. The maximum absolute atomic E-state index is 10.3. The molecule has 0 bridgehead atoms. The highest BCUT2D eigenvalue weighted by Crippen LogP contribution is 1.90. The molecule has 0 amide bonds. The average molecular weight is 124 g/mol. The van der Waals surface area contributed by atoms with Crippen LogP contribution in [0.5, 0.6) is 0 Å². The van der Waals surface area contributed by atoms with E-state index in [0.29, 0.717) is 0 Å². The van der Waals surface area contributed by atoms with Gasteiger partial charge in [-0.25, -0.2) is 0 Å². The molecule has 0 aromatic heterocycles. The lowest BCUT2D eigenvalue weighted by molar-refractivity contribution is -0.112. The van der Waals surface area contributed by atoms with Crippen molar-refractivity contribution >= 4 is 5.78 Å². The summed E-state index contributed by atoms with van der Waals surface area (Å²) < 4.78 is 0. The van der Waals surface area contributed by atoms with Crippen LogP contribution in [-0.2, 0) is 4.79 Å². The second-order valence-electron chi connectivity index (χ2n) is 1.88. The van der Waals surface area contributed by atoms with Gasteiger partial charge in [0.1, 0.15) is 0 Å². The third-order valence-electron chi connectivity index (χ3n) is 0.890. The Labute approximate surface area is 56.1 Å². The molecular formula is C8H12O. The largest absolute Gasteiger partial charge is 0.295 e. The van der Waals surface area contributed by atoms with Crippen molar-refractivity contribution in [2.45, 2.75) is 19.8 Å². The summed E-state index contributed by atoms with van der Waals surface area (Å²) in [6.07, 6.45) is 7.16. The second-order valence-corrected chi connectivity index (χ2v) is 1.88. The molecule has 0 unspecified atom stereocenters. The van der Waals surface area contributed by atoms with Gasteiger partial charge in [0.2, 0.25) is 0 Å². The first-order valence-electron chi connectivity index (χ1n) is 3.05. The summed E-state index contributed by atoms with van der Waals surface area (Å²) in [5.74, 6) is 0.110. The molecule has 0 radical (unpaired) electrons. The van der Waals surface area contributed by atoms with Gasteiger partial charge < -0.3 is 0 Å². The van der Waals surface area contributed by atoms with Crippen molar-refractivity contribution in [3.8, 4) is 0 Å². The first-order chi connectivity index (χ1) is 4.27. The van der Waals surface area contributed by atoms with Crippen LogP contribution in [0.1, 0.15) is 19.8 Å². The molecule has 1 heteroatoms. The molecule has 0 aliphatic rings. The molecule has 0 aliphatic carbocycles. The molecule has 50 valence electrons. The normalized spacial score (nSPS) is 9.89. The summed E-state index contributed by atoms with van der Waals surface area (Å²) in [6, 6.07) is 0. The van der Waals surface area contributed by atoms with Crippen molar-refractivity contribution in [1.82, 2.24) is 0 Å². The molecule has 0 rings (SSSR count). The Hall–Kier alpha value is -0.850. The van der Waals surface area contributed by atoms with E-state index in [-0.39, 0.29) is 5.78 Å². The maximum Gasteiger partial charge on any atom is 0.152 e. The predicted octanol–water partition coefficient (Wildman–Crippen LogP) is 2.10. The van der Waals surface area contributed by atoms with Gasteiger partial charge in [0.25, 0.3) is 0 Å². The highest BCUT2D eigenvalue weighted by Gasteiger charge is 1.79. The standard InChI is InChI=1S/C8H12O/c1-3-4-5-6-7-8(2)9/h3,6-7H,1,4-5H2,2H3/b7-6+. The molecule has 0 aromatic rings. The Bertz CT molecular complexity index is 123. The summed E-state index contributed by atoms with van der Waals surface area (Å²) in [5.41, 5.74) is 0. The van der Waals surface area contributed by atoms with E-state index in [1.54, 1.807) is 13.0 Å². The molecule has 0 atom stereocenters. The third kappa shape index (κ3) is 7.15. The van der Waals surface area contributed by atoms with Gasteiger partial charge in [-0.3, -0.25) is 4.79 Å². The molecule has 0 heterocycles. The van der Waals surface area contributed by atoms with Crippen LogP contribution in [-0.4, -0.2) is 5.78 Å². The van der Waals surface area contributed by atoms with Crippen LogP contribution in [0, 0.1) is 0 Å². The Kier molecular flexibility index (Phi) is 4.79. The van der Waals surface area contributed by atoms with E-state index in [9.17, 15) is 4.79 Å². The number of allylic oxidation sites excluding steroid dienone is 3. The van der Waals surface area contributed by atoms with Gasteiger partial charge in [-0.1, -0.05) is 12.2 Å². The van der Waals surface area contributed by atoms with E-state index in [4.69, 9.17) is 0 Å². The zero-order chi connectivity index (χ0) is 7.11. The molecule has 0 fully saturated rings. The lowest BCUT2D eigenvalue weighted by atomic mass is 10.2. The van der Waals surface area contributed by atoms with Crippen molar-refractivity contribution in [2.75, 3.05) is 0 Å². The average Bonchev–Trinajstić information content (AvgIpc) is 1.80. The number of rotatable bonds is 4. The molecule has 0 saturated carbocycles. The number of carbonyl (C=O) groups is 1. The van der Waals surface area contributed by atoms with Crippen molar-refractivity contribution < 1.29 is 4.79 Å². The topological polar surface area (TPSA) is 17.1 Å².